The van der Waals surface area contributed by atoms with Crippen molar-refractivity contribution in [3.8, 4) is 17.0 Å². The van der Waals surface area contributed by atoms with Crippen LogP contribution in [0.15, 0.2) is 60.7 Å². The second-order valence-electron chi connectivity index (χ2n) is 6.35. The lowest BCUT2D eigenvalue weighted by Gasteiger charge is -2.16. The number of hydrogen-bond acceptors (Lipinski definition) is 5. The van der Waals surface area contributed by atoms with Crippen molar-refractivity contribution in [2.45, 2.75) is 18.6 Å². The van der Waals surface area contributed by atoms with Gasteiger partial charge in [-0.15, -0.1) is 0 Å². The van der Waals surface area contributed by atoms with E-state index in [1.165, 1.54) is 7.11 Å². The molecule has 0 amide bonds. The summed E-state index contributed by atoms with van der Waals surface area (Å²) in [5.41, 5.74) is 2.80. The maximum Gasteiger partial charge on any atom is 0.323 e. The quantitative estimate of drug-likeness (QED) is 0.734. The van der Waals surface area contributed by atoms with Gasteiger partial charge in [0.2, 0.25) is 0 Å². The first-order valence-corrected chi connectivity index (χ1v) is 8.67. The molecule has 132 valence electrons. The van der Waals surface area contributed by atoms with Crippen LogP contribution < -0.4 is 10.1 Å². The molecule has 1 N–H and O–H groups in total. The number of aromatic nitrogens is 1. The summed E-state index contributed by atoms with van der Waals surface area (Å²) >= 11 is 0. The Morgan fingerprint density at radius 2 is 1.88 bits per heavy atom. The molecule has 0 radical (unpaired) electrons. The van der Waals surface area contributed by atoms with Crippen LogP contribution >= 0.6 is 0 Å². The van der Waals surface area contributed by atoms with Crippen LogP contribution in [0.3, 0.4) is 0 Å². The fourth-order valence-corrected chi connectivity index (χ4v) is 3.29. The SMILES string of the molecule is COC(=O)C1CC(Oc2cc(-c3ccccc3)nc3ccccc23)CN1. The third-order valence-electron chi connectivity index (χ3n) is 4.62. The van der Waals surface area contributed by atoms with Crippen molar-refractivity contribution in [3.63, 3.8) is 0 Å². The maximum absolute atomic E-state index is 11.7. The molecule has 0 aliphatic carbocycles. The predicted octanol–water partition coefficient (Wildman–Crippen LogP) is 3.18. The highest BCUT2D eigenvalue weighted by molar-refractivity contribution is 5.88. The highest BCUT2D eigenvalue weighted by atomic mass is 16.5. The van der Waals surface area contributed by atoms with Gasteiger partial charge in [-0.2, -0.15) is 0 Å². The largest absolute Gasteiger partial charge is 0.488 e. The standard InChI is InChI=1S/C21H20N2O3/c1-25-21(24)19-11-15(13-22-19)26-20-12-18(14-7-3-2-4-8-14)23-17-10-6-5-9-16(17)20/h2-10,12,15,19,22H,11,13H2,1H3. The van der Waals surface area contributed by atoms with Crippen LogP contribution in [-0.4, -0.2) is 36.8 Å². The molecule has 2 unspecified atom stereocenters. The summed E-state index contributed by atoms with van der Waals surface area (Å²) in [6.45, 7) is 0.608. The lowest BCUT2D eigenvalue weighted by atomic mass is 10.1. The Kier molecular flexibility index (Phi) is 4.54. The highest BCUT2D eigenvalue weighted by Crippen LogP contribution is 2.31. The number of esters is 1. The molecule has 1 aliphatic rings. The molecule has 3 aromatic rings. The van der Waals surface area contributed by atoms with Crippen LogP contribution in [0, 0.1) is 0 Å². The van der Waals surface area contributed by atoms with Gasteiger partial charge in [0.25, 0.3) is 0 Å². The summed E-state index contributed by atoms with van der Waals surface area (Å²) in [7, 11) is 1.40. The number of nitrogens with one attached hydrogen (secondary N) is 1. The number of carbonyl (C=O) groups is 1. The zero-order chi connectivity index (χ0) is 17.9. The highest BCUT2D eigenvalue weighted by Gasteiger charge is 2.31. The zero-order valence-corrected chi connectivity index (χ0v) is 14.5. The molecule has 1 saturated heterocycles. The Labute approximate surface area is 152 Å². The van der Waals surface area contributed by atoms with E-state index < -0.39 is 0 Å². The number of para-hydroxylation sites is 1. The smallest absolute Gasteiger partial charge is 0.323 e. The maximum atomic E-state index is 11.7. The Morgan fingerprint density at radius 3 is 2.69 bits per heavy atom. The van der Waals surface area contributed by atoms with Gasteiger partial charge in [0, 0.05) is 30.0 Å². The van der Waals surface area contributed by atoms with Crippen LogP contribution in [0.1, 0.15) is 6.42 Å². The number of hydrogen-bond donors (Lipinski definition) is 1. The van der Waals surface area contributed by atoms with Crippen LogP contribution in [-0.2, 0) is 9.53 Å². The molecule has 5 heteroatoms. The minimum atomic E-state index is -0.313. The molecule has 1 fully saturated rings. The van der Waals surface area contributed by atoms with E-state index in [1.54, 1.807) is 0 Å². The Hall–Kier alpha value is -2.92. The van der Waals surface area contributed by atoms with E-state index in [1.807, 2.05) is 60.7 Å². The van der Waals surface area contributed by atoms with Gasteiger partial charge >= 0.3 is 5.97 Å². The predicted molar refractivity (Wildman–Crippen MR) is 100 cm³/mol. The van der Waals surface area contributed by atoms with Gasteiger partial charge < -0.3 is 14.8 Å². The van der Waals surface area contributed by atoms with Gasteiger partial charge in [0.05, 0.1) is 18.3 Å². The van der Waals surface area contributed by atoms with Gasteiger partial charge in [-0.05, 0) is 12.1 Å². The molecule has 2 heterocycles. The number of pyridine rings is 1. The molecule has 2 aromatic carbocycles. The van der Waals surface area contributed by atoms with Crippen LogP contribution in [0.5, 0.6) is 5.75 Å². The molecule has 4 rings (SSSR count). The molecule has 0 spiro atoms. The van der Waals surface area contributed by atoms with Crippen LogP contribution in [0.25, 0.3) is 22.2 Å². The first kappa shape index (κ1) is 16.5. The van der Waals surface area contributed by atoms with E-state index in [2.05, 4.69) is 5.32 Å². The molecule has 0 saturated carbocycles. The van der Waals surface area contributed by atoms with Crippen molar-refractivity contribution in [1.29, 1.82) is 0 Å². The van der Waals surface area contributed by atoms with Crippen LogP contribution in [0.4, 0.5) is 0 Å². The first-order valence-electron chi connectivity index (χ1n) is 8.67. The topological polar surface area (TPSA) is 60.5 Å². The van der Waals surface area contributed by atoms with Crippen molar-refractivity contribution in [2.75, 3.05) is 13.7 Å². The number of carbonyl (C=O) groups excluding carboxylic acids is 1. The second-order valence-corrected chi connectivity index (χ2v) is 6.35. The number of methoxy groups -OCH3 is 1. The zero-order valence-electron chi connectivity index (χ0n) is 14.5. The second kappa shape index (κ2) is 7.14. The van der Waals surface area contributed by atoms with E-state index in [9.17, 15) is 4.79 Å². The molecule has 1 aromatic heterocycles. The summed E-state index contributed by atoms with van der Waals surface area (Å²) in [4.78, 5) is 16.5. The van der Waals surface area contributed by atoms with Gasteiger partial charge in [0.15, 0.2) is 0 Å². The fourth-order valence-electron chi connectivity index (χ4n) is 3.29. The first-order chi connectivity index (χ1) is 12.7. The van der Waals surface area contributed by atoms with Crippen molar-refractivity contribution in [2.24, 2.45) is 0 Å². The van der Waals surface area contributed by atoms with Crippen molar-refractivity contribution >= 4 is 16.9 Å². The van der Waals surface area contributed by atoms with E-state index in [-0.39, 0.29) is 18.1 Å². The van der Waals surface area contributed by atoms with Crippen molar-refractivity contribution < 1.29 is 14.3 Å². The number of rotatable bonds is 4. The molecule has 1 aliphatic heterocycles. The summed E-state index contributed by atoms with van der Waals surface area (Å²) in [5, 5.41) is 4.12. The van der Waals surface area contributed by atoms with Gasteiger partial charge in [0.1, 0.15) is 17.9 Å². The molecular formula is C21H20N2O3. The summed E-state index contributed by atoms with van der Waals surface area (Å²) in [6.07, 6.45) is 0.498. The lowest BCUT2D eigenvalue weighted by Crippen LogP contribution is -2.31. The minimum absolute atomic E-state index is 0.0893. The number of fused-ring (bicyclic) bond motifs is 1. The molecule has 2 atom stereocenters. The molecule has 26 heavy (non-hydrogen) atoms. The van der Waals surface area contributed by atoms with E-state index in [0.717, 1.165) is 27.9 Å². The third kappa shape index (κ3) is 3.26. The van der Waals surface area contributed by atoms with Crippen LogP contribution in [0.2, 0.25) is 0 Å². The average molecular weight is 348 g/mol. The Morgan fingerprint density at radius 1 is 1.12 bits per heavy atom. The Bertz CT molecular complexity index is 927. The summed E-state index contributed by atoms with van der Waals surface area (Å²) in [5.74, 6) is 0.535. The Balaban J connectivity index is 1.67. The fraction of sp³-hybridized carbons (Fsp3) is 0.238. The molecular weight excluding hydrogens is 328 g/mol. The number of ether oxygens (including phenoxy) is 2. The van der Waals surface area contributed by atoms with Gasteiger partial charge in [-0.3, -0.25) is 4.79 Å². The van der Waals surface area contributed by atoms with E-state index in [0.29, 0.717) is 13.0 Å². The third-order valence-corrected chi connectivity index (χ3v) is 4.62. The summed E-state index contributed by atoms with van der Waals surface area (Å²) in [6, 6.07) is 19.6. The monoisotopic (exact) mass is 348 g/mol. The van der Waals surface area contributed by atoms with E-state index >= 15 is 0 Å². The number of nitrogens with zero attached hydrogens (tertiary/aromatic N) is 1. The molecule has 0 bridgehead atoms. The molecule has 5 nitrogen and oxygen atoms in total. The van der Waals surface area contributed by atoms with Gasteiger partial charge in [-0.25, -0.2) is 4.98 Å². The van der Waals surface area contributed by atoms with Gasteiger partial charge in [-0.1, -0.05) is 42.5 Å². The van der Waals surface area contributed by atoms with Crippen molar-refractivity contribution in [1.82, 2.24) is 10.3 Å². The normalized spacial score (nSPS) is 19.4. The van der Waals surface area contributed by atoms with E-state index in [4.69, 9.17) is 14.5 Å². The lowest BCUT2D eigenvalue weighted by molar-refractivity contribution is -0.142. The van der Waals surface area contributed by atoms with Crippen molar-refractivity contribution in [3.05, 3.63) is 60.7 Å². The average Bonchev–Trinajstić information content (AvgIpc) is 3.16. The number of benzene rings is 2. The minimum Gasteiger partial charge on any atom is -0.488 e. The summed E-state index contributed by atoms with van der Waals surface area (Å²) < 4.78 is 11.1.